The molecule has 0 bridgehead atoms. The summed E-state index contributed by atoms with van der Waals surface area (Å²) < 4.78 is 7.32. The molecule has 1 aromatic rings. The molecule has 1 fully saturated rings. The van der Waals surface area contributed by atoms with Gasteiger partial charge in [0.2, 0.25) is 5.91 Å². The highest BCUT2D eigenvalue weighted by Crippen LogP contribution is 2.24. The number of amides is 1. The van der Waals surface area contributed by atoms with Gasteiger partial charge < -0.3 is 15.4 Å². The van der Waals surface area contributed by atoms with Crippen LogP contribution in [-0.2, 0) is 9.53 Å². The molecule has 6 nitrogen and oxygen atoms in total. The zero-order valence-corrected chi connectivity index (χ0v) is 12.9. The molecular weight excluding hydrogens is 256 g/mol. The van der Waals surface area contributed by atoms with Crippen LogP contribution in [0.4, 0.5) is 5.69 Å². The Morgan fingerprint density at radius 3 is 2.65 bits per heavy atom. The van der Waals surface area contributed by atoms with Crippen LogP contribution < -0.4 is 10.6 Å². The quantitative estimate of drug-likeness (QED) is 0.871. The summed E-state index contributed by atoms with van der Waals surface area (Å²) in [5, 5.41) is 10.6. The number of likely N-dealkylation sites (N-methyl/N-ethyl adjacent to an activating group) is 1. The molecule has 0 radical (unpaired) electrons. The standard InChI is InChI=1S/C14H24N4O2/c1-8(2)18-10(4)13(9(3)17-18)16-14(19)11-6-20-7-12(11)15-5/h8,11-12,15H,6-7H2,1-5H3,(H,16,19). The Hall–Kier alpha value is -1.40. The molecule has 0 aromatic carbocycles. The van der Waals surface area contributed by atoms with E-state index in [9.17, 15) is 4.79 Å². The summed E-state index contributed by atoms with van der Waals surface area (Å²) in [6, 6.07) is 0.356. The van der Waals surface area contributed by atoms with Gasteiger partial charge in [-0.3, -0.25) is 9.48 Å². The van der Waals surface area contributed by atoms with Crippen LogP contribution in [0.1, 0.15) is 31.3 Å². The minimum atomic E-state index is -0.152. The summed E-state index contributed by atoms with van der Waals surface area (Å²) >= 11 is 0. The summed E-state index contributed by atoms with van der Waals surface area (Å²) in [5.74, 6) is -0.155. The van der Waals surface area contributed by atoms with Crippen molar-refractivity contribution in [3.63, 3.8) is 0 Å². The van der Waals surface area contributed by atoms with E-state index in [1.807, 2.05) is 25.6 Å². The van der Waals surface area contributed by atoms with E-state index < -0.39 is 0 Å². The first kappa shape index (κ1) is 15.0. The van der Waals surface area contributed by atoms with Gasteiger partial charge in [-0.25, -0.2) is 0 Å². The summed E-state index contributed by atoms with van der Waals surface area (Å²) in [7, 11) is 1.85. The average molecular weight is 280 g/mol. The van der Waals surface area contributed by atoms with Crippen LogP contribution >= 0.6 is 0 Å². The number of hydrogen-bond acceptors (Lipinski definition) is 4. The number of anilines is 1. The summed E-state index contributed by atoms with van der Waals surface area (Å²) in [6.07, 6.45) is 0. The first-order valence-electron chi connectivity index (χ1n) is 7.07. The molecule has 1 saturated heterocycles. The fraction of sp³-hybridized carbons (Fsp3) is 0.714. The molecule has 112 valence electrons. The zero-order chi connectivity index (χ0) is 14.9. The first-order chi connectivity index (χ1) is 9.45. The van der Waals surface area contributed by atoms with Gasteiger partial charge in [0.1, 0.15) is 0 Å². The van der Waals surface area contributed by atoms with Crippen molar-refractivity contribution in [3.8, 4) is 0 Å². The van der Waals surface area contributed by atoms with Gasteiger partial charge in [-0.2, -0.15) is 5.10 Å². The fourth-order valence-corrected chi connectivity index (χ4v) is 2.66. The number of nitrogens with one attached hydrogen (secondary N) is 2. The van der Waals surface area contributed by atoms with Gasteiger partial charge in [0, 0.05) is 12.1 Å². The predicted octanol–water partition coefficient (Wildman–Crippen LogP) is 1.25. The van der Waals surface area contributed by atoms with Crippen molar-refractivity contribution >= 4 is 11.6 Å². The Morgan fingerprint density at radius 1 is 1.40 bits per heavy atom. The lowest BCUT2D eigenvalue weighted by molar-refractivity contribution is -0.120. The van der Waals surface area contributed by atoms with Crippen molar-refractivity contribution in [2.24, 2.45) is 5.92 Å². The molecule has 1 aromatic heterocycles. The van der Waals surface area contributed by atoms with Crippen LogP contribution in [0.5, 0.6) is 0 Å². The third-order valence-corrected chi connectivity index (χ3v) is 3.85. The maximum absolute atomic E-state index is 12.4. The first-order valence-corrected chi connectivity index (χ1v) is 7.07. The maximum Gasteiger partial charge on any atom is 0.231 e. The minimum Gasteiger partial charge on any atom is -0.379 e. The predicted molar refractivity (Wildman–Crippen MR) is 77.9 cm³/mol. The maximum atomic E-state index is 12.4. The van der Waals surface area contributed by atoms with Crippen molar-refractivity contribution in [1.82, 2.24) is 15.1 Å². The highest BCUT2D eigenvalue weighted by molar-refractivity contribution is 5.94. The van der Waals surface area contributed by atoms with Crippen molar-refractivity contribution in [1.29, 1.82) is 0 Å². The van der Waals surface area contributed by atoms with Gasteiger partial charge in [0.15, 0.2) is 0 Å². The van der Waals surface area contributed by atoms with Crippen LogP contribution in [0, 0.1) is 19.8 Å². The number of carbonyl (C=O) groups is 1. The lowest BCUT2D eigenvalue weighted by atomic mass is 10.0. The smallest absolute Gasteiger partial charge is 0.231 e. The highest BCUT2D eigenvalue weighted by atomic mass is 16.5. The lowest BCUT2D eigenvalue weighted by Crippen LogP contribution is -2.39. The third-order valence-electron chi connectivity index (χ3n) is 3.85. The molecule has 20 heavy (non-hydrogen) atoms. The monoisotopic (exact) mass is 280 g/mol. The van der Waals surface area contributed by atoms with Gasteiger partial charge in [-0.15, -0.1) is 0 Å². The number of aryl methyl sites for hydroxylation is 1. The molecule has 2 unspecified atom stereocenters. The molecule has 2 N–H and O–H groups in total. The average Bonchev–Trinajstić information content (AvgIpc) is 2.97. The molecule has 2 rings (SSSR count). The number of aromatic nitrogens is 2. The third kappa shape index (κ3) is 2.71. The summed E-state index contributed by atoms with van der Waals surface area (Å²) in [6.45, 7) is 9.10. The second kappa shape index (κ2) is 5.93. The SMILES string of the molecule is CNC1COCC1C(=O)Nc1c(C)nn(C(C)C)c1C. The molecule has 6 heteroatoms. The molecule has 0 saturated carbocycles. The number of rotatable bonds is 4. The number of carbonyl (C=O) groups excluding carboxylic acids is 1. The van der Waals surface area contributed by atoms with Crippen LogP contribution in [0.2, 0.25) is 0 Å². The van der Waals surface area contributed by atoms with Gasteiger partial charge >= 0.3 is 0 Å². The van der Waals surface area contributed by atoms with Crippen LogP contribution in [0.15, 0.2) is 0 Å². The topological polar surface area (TPSA) is 68.2 Å². The molecular formula is C14H24N4O2. The summed E-state index contributed by atoms with van der Waals surface area (Å²) in [4.78, 5) is 12.4. The van der Waals surface area contributed by atoms with Gasteiger partial charge in [0.05, 0.1) is 36.2 Å². The molecule has 1 aliphatic rings. The van der Waals surface area contributed by atoms with E-state index in [1.54, 1.807) is 0 Å². The normalized spacial score (nSPS) is 22.5. The molecule has 1 aliphatic heterocycles. The van der Waals surface area contributed by atoms with Crippen molar-refractivity contribution < 1.29 is 9.53 Å². The Morgan fingerprint density at radius 2 is 2.10 bits per heavy atom. The molecule has 2 atom stereocenters. The van der Waals surface area contributed by atoms with Crippen molar-refractivity contribution in [2.45, 2.75) is 39.8 Å². The van der Waals surface area contributed by atoms with Gasteiger partial charge in [-0.1, -0.05) is 0 Å². The van der Waals surface area contributed by atoms with Gasteiger partial charge in [-0.05, 0) is 34.7 Å². The molecule has 2 heterocycles. The fourth-order valence-electron chi connectivity index (χ4n) is 2.66. The van der Waals surface area contributed by atoms with Crippen molar-refractivity contribution in [2.75, 3.05) is 25.6 Å². The van der Waals surface area contributed by atoms with Crippen LogP contribution in [0.3, 0.4) is 0 Å². The highest BCUT2D eigenvalue weighted by Gasteiger charge is 2.33. The van der Waals surface area contributed by atoms with Crippen LogP contribution in [0.25, 0.3) is 0 Å². The largest absolute Gasteiger partial charge is 0.379 e. The van der Waals surface area contributed by atoms with Crippen molar-refractivity contribution in [3.05, 3.63) is 11.4 Å². The second-order valence-electron chi connectivity index (χ2n) is 5.61. The lowest BCUT2D eigenvalue weighted by Gasteiger charge is -2.16. The Kier molecular flexibility index (Phi) is 4.45. The molecule has 1 amide bonds. The summed E-state index contributed by atoms with van der Waals surface area (Å²) in [5.41, 5.74) is 2.67. The van der Waals surface area contributed by atoms with Gasteiger partial charge in [0.25, 0.3) is 0 Å². The zero-order valence-electron chi connectivity index (χ0n) is 12.9. The Labute approximate surface area is 119 Å². The molecule has 0 spiro atoms. The van der Waals surface area contributed by atoms with E-state index >= 15 is 0 Å². The minimum absolute atomic E-state index is 0.00337. The Bertz CT molecular complexity index is 496. The van der Waals surface area contributed by atoms with E-state index in [4.69, 9.17) is 4.74 Å². The number of hydrogen-bond donors (Lipinski definition) is 2. The number of nitrogens with zero attached hydrogens (tertiary/aromatic N) is 2. The molecule has 0 aliphatic carbocycles. The van der Waals surface area contributed by atoms with E-state index in [0.717, 1.165) is 17.1 Å². The van der Waals surface area contributed by atoms with E-state index in [-0.39, 0.29) is 23.9 Å². The Balaban J connectivity index is 2.16. The van der Waals surface area contributed by atoms with Crippen LogP contribution in [-0.4, -0.2) is 42.0 Å². The van der Waals surface area contributed by atoms with E-state index in [0.29, 0.717) is 13.2 Å². The van der Waals surface area contributed by atoms with E-state index in [2.05, 4.69) is 29.6 Å². The number of ether oxygens (including phenoxy) is 1. The second-order valence-corrected chi connectivity index (χ2v) is 5.61. The van der Waals surface area contributed by atoms with E-state index in [1.165, 1.54) is 0 Å².